The van der Waals surface area contributed by atoms with Crippen LogP contribution in [0.4, 0.5) is 0 Å². The van der Waals surface area contributed by atoms with E-state index >= 15 is 0 Å². The van der Waals surface area contributed by atoms with E-state index < -0.39 is 0 Å². The van der Waals surface area contributed by atoms with Crippen LogP contribution < -0.4 is 15.3 Å². The van der Waals surface area contributed by atoms with E-state index in [-0.39, 0.29) is 11.3 Å². The number of rotatable bonds is 2. The van der Waals surface area contributed by atoms with Gasteiger partial charge in [-0.25, -0.2) is 4.99 Å². The minimum absolute atomic E-state index is 0.184. The highest BCUT2D eigenvalue weighted by Crippen LogP contribution is 2.52. The number of hydrogen-bond acceptors (Lipinski definition) is 3. The molecule has 3 nitrogen and oxygen atoms in total. The topological polar surface area (TPSA) is 34.5 Å². The van der Waals surface area contributed by atoms with Crippen LogP contribution in [-0.4, -0.2) is 10.7 Å². The lowest BCUT2D eigenvalue weighted by atomic mass is 9.74. The van der Waals surface area contributed by atoms with E-state index in [1.54, 1.807) is 0 Å². The highest BCUT2D eigenvalue weighted by atomic mass is 16.5. The van der Waals surface area contributed by atoms with Gasteiger partial charge in [-0.2, -0.15) is 0 Å². The summed E-state index contributed by atoms with van der Waals surface area (Å²) in [6.45, 7) is 4.57. The smallest absolute Gasteiger partial charge is 0.139 e. The van der Waals surface area contributed by atoms with Crippen LogP contribution in [-0.2, 0) is 5.41 Å². The second kappa shape index (κ2) is 8.62. The second-order valence-electron chi connectivity index (χ2n) is 11.3. The van der Waals surface area contributed by atoms with Crippen molar-refractivity contribution < 1.29 is 4.74 Å². The SMILES string of the molecule is CC1(C)c2ccccc2Oc2c(-c3ccc4ccccc4c3C3=NC4=c5ncccc5=CCC4C=C3)cccc21. The van der Waals surface area contributed by atoms with Crippen LogP contribution in [0.15, 0.2) is 114 Å². The monoisotopic (exact) mass is 516 g/mol. The first-order chi connectivity index (χ1) is 19.6. The maximum Gasteiger partial charge on any atom is 0.139 e. The summed E-state index contributed by atoms with van der Waals surface area (Å²) in [5, 5.41) is 4.52. The van der Waals surface area contributed by atoms with E-state index in [1.165, 1.54) is 21.9 Å². The van der Waals surface area contributed by atoms with Gasteiger partial charge in [-0.3, -0.25) is 4.98 Å². The molecule has 0 amide bonds. The van der Waals surface area contributed by atoms with Crippen molar-refractivity contribution >= 4 is 28.3 Å². The molecule has 0 fully saturated rings. The van der Waals surface area contributed by atoms with Gasteiger partial charge < -0.3 is 4.74 Å². The molecule has 1 atom stereocenters. The van der Waals surface area contributed by atoms with Crippen LogP contribution in [0.1, 0.15) is 37.0 Å². The van der Waals surface area contributed by atoms with Crippen molar-refractivity contribution in [3.63, 3.8) is 0 Å². The molecular weight excluding hydrogens is 488 g/mol. The van der Waals surface area contributed by atoms with Crippen LogP contribution in [0, 0.1) is 5.92 Å². The standard InChI is InChI=1S/C37H28N2O/c1-37(2)29-13-5-6-15-32(29)40-36-28(12-7-14-30(36)37)27-20-18-23-9-3-4-11-26(23)33(27)31-21-19-25-17-16-24-10-8-22-38-34(24)35(25)39-31/h3-16,18-22,25H,17H2,1-2H3. The maximum atomic E-state index is 6.71. The Kier molecular flexibility index (Phi) is 4.99. The van der Waals surface area contributed by atoms with Crippen LogP contribution >= 0.6 is 0 Å². The predicted molar refractivity (Wildman–Crippen MR) is 163 cm³/mol. The molecule has 3 aliphatic rings. The first-order valence-electron chi connectivity index (χ1n) is 14.0. The Bertz CT molecular complexity index is 2050. The quantitative estimate of drug-likeness (QED) is 0.247. The van der Waals surface area contributed by atoms with E-state index in [2.05, 4.69) is 111 Å². The Hall–Kier alpha value is -4.76. The molecule has 8 rings (SSSR count). The van der Waals surface area contributed by atoms with Crippen molar-refractivity contribution in [3.05, 3.63) is 137 Å². The van der Waals surface area contributed by atoms with Crippen molar-refractivity contribution in [1.29, 1.82) is 0 Å². The molecule has 1 aliphatic carbocycles. The molecule has 3 heteroatoms. The van der Waals surface area contributed by atoms with E-state index in [4.69, 9.17) is 14.7 Å². The third-order valence-electron chi connectivity index (χ3n) is 8.69. The van der Waals surface area contributed by atoms with Gasteiger partial charge in [0.25, 0.3) is 0 Å². The molecule has 0 saturated heterocycles. The van der Waals surface area contributed by atoms with Gasteiger partial charge in [0.2, 0.25) is 0 Å². The first-order valence-corrected chi connectivity index (χ1v) is 14.0. The fourth-order valence-electron chi connectivity index (χ4n) is 6.61. The average molecular weight is 517 g/mol. The summed E-state index contributed by atoms with van der Waals surface area (Å²) in [5.41, 5.74) is 7.56. The first kappa shape index (κ1) is 23.2. The van der Waals surface area contributed by atoms with Gasteiger partial charge in [-0.15, -0.1) is 0 Å². The van der Waals surface area contributed by atoms with Crippen molar-refractivity contribution in [1.82, 2.24) is 4.98 Å². The summed E-state index contributed by atoms with van der Waals surface area (Å²) in [4.78, 5) is 10.1. The minimum Gasteiger partial charge on any atom is -0.456 e. The molecule has 0 saturated carbocycles. The number of benzene rings is 4. The molecule has 1 unspecified atom stereocenters. The Morgan fingerprint density at radius 1 is 0.800 bits per heavy atom. The predicted octanol–water partition coefficient (Wildman–Crippen LogP) is 7.30. The largest absolute Gasteiger partial charge is 0.456 e. The Balaban J connectivity index is 1.41. The average Bonchev–Trinajstić information content (AvgIpc) is 3.00. The van der Waals surface area contributed by atoms with Gasteiger partial charge in [-0.05, 0) is 46.2 Å². The van der Waals surface area contributed by atoms with Crippen LogP contribution in [0.3, 0.4) is 0 Å². The molecule has 0 radical (unpaired) electrons. The number of hydrogen-bond donors (Lipinski definition) is 0. The minimum atomic E-state index is -0.184. The molecule has 1 aromatic heterocycles. The number of allylic oxidation sites excluding steroid dienone is 1. The van der Waals surface area contributed by atoms with Gasteiger partial charge in [0.1, 0.15) is 11.5 Å². The van der Waals surface area contributed by atoms with Gasteiger partial charge >= 0.3 is 0 Å². The second-order valence-corrected chi connectivity index (χ2v) is 11.3. The molecular formula is C37H28N2O. The molecule has 0 N–H and O–H groups in total. The number of aliphatic imine (C=N–C) groups is 1. The van der Waals surface area contributed by atoms with E-state index in [1.807, 2.05) is 18.3 Å². The number of para-hydroxylation sites is 2. The maximum absolute atomic E-state index is 6.71. The summed E-state index contributed by atoms with van der Waals surface area (Å²) in [5.74, 6) is 2.09. The van der Waals surface area contributed by atoms with Crippen molar-refractivity contribution in [2.45, 2.75) is 25.7 Å². The number of fused-ring (bicyclic) bond motifs is 5. The third-order valence-corrected chi connectivity index (χ3v) is 8.69. The van der Waals surface area contributed by atoms with E-state index in [0.29, 0.717) is 0 Å². The van der Waals surface area contributed by atoms with Gasteiger partial charge in [0.05, 0.1) is 16.8 Å². The zero-order chi connectivity index (χ0) is 26.8. The molecule has 2 aliphatic heterocycles. The fourth-order valence-corrected chi connectivity index (χ4v) is 6.61. The Morgan fingerprint density at radius 3 is 2.60 bits per heavy atom. The third kappa shape index (κ3) is 3.37. The zero-order valence-electron chi connectivity index (χ0n) is 22.6. The fraction of sp³-hybridized carbons (Fsp3) is 0.135. The van der Waals surface area contributed by atoms with Crippen molar-refractivity contribution in [2.24, 2.45) is 10.9 Å². The molecule has 4 aromatic carbocycles. The lowest BCUT2D eigenvalue weighted by Crippen LogP contribution is -2.35. The van der Waals surface area contributed by atoms with Gasteiger partial charge in [-0.1, -0.05) is 105 Å². The molecule has 192 valence electrons. The number of ether oxygens (including phenoxy) is 1. The molecule has 0 bridgehead atoms. The molecule has 5 aromatic rings. The van der Waals surface area contributed by atoms with Gasteiger partial charge in [0.15, 0.2) is 0 Å². The summed E-state index contributed by atoms with van der Waals surface area (Å²) in [7, 11) is 0. The number of nitrogens with zero attached hydrogens (tertiary/aromatic N) is 2. The number of aromatic nitrogens is 1. The summed E-state index contributed by atoms with van der Waals surface area (Å²) < 4.78 is 6.71. The van der Waals surface area contributed by atoms with Crippen LogP contribution in [0.5, 0.6) is 11.5 Å². The van der Waals surface area contributed by atoms with Crippen molar-refractivity contribution in [2.75, 3.05) is 0 Å². The zero-order valence-corrected chi connectivity index (χ0v) is 22.6. The van der Waals surface area contributed by atoms with Gasteiger partial charge in [0, 0.05) is 39.8 Å². The summed E-state index contributed by atoms with van der Waals surface area (Å²) in [6, 6.07) is 32.1. The van der Waals surface area contributed by atoms with E-state index in [9.17, 15) is 0 Å². The summed E-state index contributed by atoms with van der Waals surface area (Å²) >= 11 is 0. The lowest BCUT2D eigenvalue weighted by Gasteiger charge is -2.35. The van der Waals surface area contributed by atoms with Crippen LogP contribution in [0.2, 0.25) is 0 Å². The Morgan fingerprint density at radius 2 is 1.65 bits per heavy atom. The Labute approximate surface area is 233 Å². The highest BCUT2D eigenvalue weighted by molar-refractivity contribution is 6.22. The van der Waals surface area contributed by atoms with Crippen LogP contribution in [0.25, 0.3) is 33.7 Å². The molecule has 0 spiro atoms. The molecule has 40 heavy (non-hydrogen) atoms. The summed E-state index contributed by atoms with van der Waals surface area (Å²) in [6.07, 6.45) is 9.59. The normalized spacial score (nSPS) is 18.0. The number of pyridine rings is 1. The lowest BCUT2D eigenvalue weighted by molar-refractivity contribution is 0.419. The van der Waals surface area contributed by atoms with Crippen molar-refractivity contribution in [3.8, 4) is 22.6 Å². The number of dihydropyridines is 1. The van der Waals surface area contributed by atoms with E-state index in [0.717, 1.165) is 56.6 Å². The highest BCUT2D eigenvalue weighted by Gasteiger charge is 2.36. The molecule has 3 heterocycles.